The zero-order valence-electron chi connectivity index (χ0n) is 21.1. The van der Waals surface area contributed by atoms with Gasteiger partial charge in [-0.15, -0.1) is 0 Å². The van der Waals surface area contributed by atoms with E-state index in [9.17, 15) is 9.59 Å². The van der Waals surface area contributed by atoms with Crippen LogP contribution in [-0.4, -0.2) is 56.1 Å². The molecular formula is C28H41N3O3. The van der Waals surface area contributed by atoms with Crippen LogP contribution in [0.2, 0.25) is 0 Å². The van der Waals surface area contributed by atoms with Crippen LogP contribution >= 0.6 is 0 Å². The minimum absolute atomic E-state index is 0.00494. The number of carbonyl (C=O) groups is 2. The number of anilines is 1. The third-order valence-corrected chi connectivity index (χ3v) is 8.85. The van der Waals surface area contributed by atoms with Gasteiger partial charge in [-0.2, -0.15) is 0 Å². The molecule has 1 aliphatic heterocycles. The smallest absolute Gasteiger partial charge is 0.245 e. The number of rotatable bonds is 7. The van der Waals surface area contributed by atoms with E-state index in [-0.39, 0.29) is 23.1 Å². The normalized spacial score (nSPS) is 30.9. The standard InChI is InChI=1S/C28H41N3O3/c1-19(2)25(29-27(33)28-15-21-12-22(16-28)14-23(13-21)17-28)26(32)30(3)18-20-4-6-24(7-5-20)31-8-10-34-11-9-31/h4-7,19,21-23,25H,8-18H2,1-3H3,(H,29,33). The second-order valence-corrected chi connectivity index (χ2v) is 11.9. The summed E-state index contributed by atoms with van der Waals surface area (Å²) in [6.07, 6.45) is 7.00. The number of amides is 2. The van der Waals surface area contributed by atoms with Crippen molar-refractivity contribution in [3.8, 4) is 0 Å². The van der Waals surface area contributed by atoms with Gasteiger partial charge < -0.3 is 19.9 Å². The molecule has 0 radical (unpaired) electrons. The van der Waals surface area contributed by atoms with Crippen molar-refractivity contribution in [3.05, 3.63) is 29.8 Å². The monoisotopic (exact) mass is 467 g/mol. The summed E-state index contributed by atoms with van der Waals surface area (Å²) in [5.41, 5.74) is 2.07. The molecule has 0 aromatic heterocycles. The van der Waals surface area contributed by atoms with Crippen molar-refractivity contribution < 1.29 is 14.3 Å². The lowest BCUT2D eigenvalue weighted by atomic mass is 9.49. The van der Waals surface area contributed by atoms with E-state index in [1.54, 1.807) is 4.90 Å². The Morgan fingerprint density at radius 3 is 2.12 bits per heavy atom. The van der Waals surface area contributed by atoms with Gasteiger partial charge in [-0.05, 0) is 79.9 Å². The van der Waals surface area contributed by atoms with Crippen LogP contribution in [0.15, 0.2) is 24.3 Å². The van der Waals surface area contributed by atoms with E-state index in [2.05, 4.69) is 34.5 Å². The Labute approximate surface area is 204 Å². The molecule has 1 aromatic carbocycles. The molecule has 4 saturated carbocycles. The van der Waals surface area contributed by atoms with Crippen molar-refractivity contribution in [1.29, 1.82) is 0 Å². The van der Waals surface area contributed by atoms with Crippen molar-refractivity contribution in [3.63, 3.8) is 0 Å². The van der Waals surface area contributed by atoms with Gasteiger partial charge in [0.2, 0.25) is 11.8 Å². The van der Waals surface area contributed by atoms with Gasteiger partial charge >= 0.3 is 0 Å². The predicted octanol–water partition coefficient (Wildman–Crippen LogP) is 3.84. The predicted molar refractivity (Wildman–Crippen MR) is 133 cm³/mol. The zero-order valence-corrected chi connectivity index (χ0v) is 21.1. The first-order valence-electron chi connectivity index (χ1n) is 13.3. The maximum atomic E-state index is 13.6. The maximum absolute atomic E-state index is 13.6. The third-order valence-electron chi connectivity index (χ3n) is 8.85. The van der Waals surface area contributed by atoms with Crippen molar-refractivity contribution in [1.82, 2.24) is 10.2 Å². The average molecular weight is 468 g/mol. The Kier molecular flexibility index (Phi) is 6.62. The fourth-order valence-corrected chi connectivity index (χ4v) is 7.42. The largest absolute Gasteiger partial charge is 0.378 e. The third kappa shape index (κ3) is 4.71. The molecule has 1 saturated heterocycles. The van der Waals surface area contributed by atoms with Crippen LogP contribution in [0.4, 0.5) is 5.69 Å². The SMILES string of the molecule is CC(C)C(NC(=O)C12CC3CC(CC(C3)C1)C2)C(=O)N(C)Cc1ccc(N2CCOCC2)cc1. The summed E-state index contributed by atoms with van der Waals surface area (Å²) in [7, 11) is 1.85. The van der Waals surface area contributed by atoms with Crippen LogP contribution in [0.25, 0.3) is 0 Å². The number of hydrogen-bond acceptors (Lipinski definition) is 4. The summed E-state index contributed by atoms with van der Waals surface area (Å²) in [6, 6.07) is 8.00. The molecular weight excluding hydrogens is 426 g/mol. The van der Waals surface area contributed by atoms with Gasteiger partial charge in [-0.1, -0.05) is 26.0 Å². The molecule has 5 fully saturated rings. The first-order chi connectivity index (χ1) is 16.3. The second kappa shape index (κ2) is 9.52. The van der Waals surface area contributed by atoms with Crippen LogP contribution in [-0.2, 0) is 20.9 Å². The minimum Gasteiger partial charge on any atom is -0.378 e. The van der Waals surface area contributed by atoms with Gasteiger partial charge in [0.25, 0.3) is 0 Å². The molecule has 1 N–H and O–H groups in total. The fraction of sp³-hybridized carbons (Fsp3) is 0.714. The highest BCUT2D eigenvalue weighted by atomic mass is 16.5. The highest BCUT2D eigenvalue weighted by Gasteiger charge is 2.55. The summed E-state index contributed by atoms with van der Waals surface area (Å²) in [5.74, 6) is 2.35. The lowest BCUT2D eigenvalue weighted by Crippen LogP contribution is -2.58. The topological polar surface area (TPSA) is 61.9 Å². The molecule has 1 aromatic rings. The van der Waals surface area contributed by atoms with Gasteiger partial charge in [0.1, 0.15) is 6.04 Å². The Morgan fingerprint density at radius 1 is 1.03 bits per heavy atom. The van der Waals surface area contributed by atoms with E-state index in [1.807, 2.05) is 20.9 Å². The van der Waals surface area contributed by atoms with E-state index < -0.39 is 6.04 Å². The number of benzene rings is 1. The summed E-state index contributed by atoms with van der Waals surface area (Å²) in [4.78, 5) is 31.1. The average Bonchev–Trinajstić information content (AvgIpc) is 2.82. The molecule has 6 rings (SSSR count). The van der Waals surface area contributed by atoms with E-state index >= 15 is 0 Å². The number of nitrogens with one attached hydrogen (secondary N) is 1. The van der Waals surface area contributed by atoms with E-state index in [4.69, 9.17) is 4.74 Å². The molecule has 6 heteroatoms. The van der Waals surface area contributed by atoms with E-state index in [1.165, 1.54) is 24.9 Å². The number of nitrogens with zero attached hydrogens (tertiary/aromatic N) is 2. The van der Waals surface area contributed by atoms with E-state index in [0.717, 1.165) is 51.1 Å². The van der Waals surface area contributed by atoms with Crippen LogP contribution in [0, 0.1) is 29.1 Å². The highest BCUT2D eigenvalue weighted by Crippen LogP contribution is 2.60. The molecule has 4 bridgehead atoms. The van der Waals surface area contributed by atoms with Crippen LogP contribution in [0.3, 0.4) is 0 Å². The molecule has 1 atom stereocenters. The fourth-order valence-electron chi connectivity index (χ4n) is 7.42. The number of hydrogen-bond donors (Lipinski definition) is 1. The maximum Gasteiger partial charge on any atom is 0.245 e. The molecule has 0 spiro atoms. The Bertz CT molecular complexity index is 855. The number of morpholine rings is 1. The highest BCUT2D eigenvalue weighted by molar-refractivity contribution is 5.90. The van der Waals surface area contributed by atoms with Gasteiger partial charge in [-0.3, -0.25) is 9.59 Å². The summed E-state index contributed by atoms with van der Waals surface area (Å²) in [5, 5.41) is 3.24. The summed E-state index contributed by atoms with van der Waals surface area (Å²) in [6.45, 7) is 7.98. The lowest BCUT2D eigenvalue weighted by Gasteiger charge is -2.56. The van der Waals surface area contributed by atoms with Crippen LogP contribution in [0.1, 0.15) is 57.9 Å². The van der Waals surface area contributed by atoms with Gasteiger partial charge in [0.05, 0.1) is 13.2 Å². The molecule has 5 aliphatic rings. The summed E-state index contributed by atoms with van der Waals surface area (Å²) >= 11 is 0. The Hall–Kier alpha value is -2.08. The van der Waals surface area contributed by atoms with Crippen molar-refractivity contribution in [2.75, 3.05) is 38.3 Å². The number of likely N-dealkylation sites (N-methyl/N-ethyl adjacent to an activating group) is 1. The minimum atomic E-state index is -0.474. The van der Waals surface area contributed by atoms with Crippen molar-refractivity contribution >= 4 is 17.5 Å². The molecule has 34 heavy (non-hydrogen) atoms. The van der Waals surface area contributed by atoms with Crippen molar-refractivity contribution in [2.24, 2.45) is 29.1 Å². The van der Waals surface area contributed by atoms with Gasteiger partial charge in [-0.25, -0.2) is 0 Å². The quantitative estimate of drug-likeness (QED) is 0.662. The molecule has 6 nitrogen and oxygen atoms in total. The van der Waals surface area contributed by atoms with E-state index in [0.29, 0.717) is 24.3 Å². The van der Waals surface area contributed by atoms with Gasteiger partial charge in [0.15, 0.2) is 0 Å². The van der Waals surface area contributed by atoms with Gasteiger partial charge in [0, 0.05) is 37.8 Å². The Morgan fingerprint density at radius 2 is 1.59 bits per heavy atom. The molecule has 4 aliphatic carbocycles. The first-order valence-corrected chi connectivity index (χ1v) is 13.3. The van der Waals surface area contributed by atoms with Crippen LogP contribution in [0.5, 0.6) is 0 Å². The van der Waals surface area contributed by atoms with Crippen molar-refractivity contribution in [2.45, 2.75) is 65.0 Å². The molecule has 186 valence electrons. The summed E-state index contributed by atoms with van der Waals surface area (Å²) < 4.78 is 5.45. The Balaban J connectivity index is 1.21. The van der Waals surface area contributed by atoms with Crippen LogP contribution < -0.4 is 10.2 Å². The lowest BCUT2D eigenvalue weighted by molar-refractivity contribution is -0.150. The molecule has 1 unspecified atom stereocenters. The molecule has 1 heterocycles. The number of ether oxygens (including phenoxy) is 1. The second-order valence-electron chi connectivity index (χ2n) is 11.9. The number of carbonyl (C=O) groups excluding carboxylic acids is 2. The zero-order chi connectivity index (χ0) is 23.9. The first kappa shape index (κ1) is 23.7. The molecule has 2 amide bonds.